The van der Waals surface area contributed by atoms with E-state index in [4.69, 9.17) is 11.6 Å². The van der Waals surface area contributed by atoms with Crippen molar-refractivity contribution in [2.45, 2.75) is 46.1 Å². The first-order valence-corrected chi connectivity index (χ1v) is 6.08. The van der Waals surface area contributed by atoms with Gasteiger partial charge in [-0.15, -0.1) is 0 Å². The molecule has 0 aliphatic heterocycles. The van der Waals surface area contributed by atoms with Crippen molar-refractivity contribution >= 4 is 17.3 Å². The summed E-state index contributed by atoms with van der Waals surface area (Å²) in [5, 5.41) is 4.39. The normalized spacial score (nSPS) is 12.5. The van der Waals surface area contributed by atoms with Gasteiger partial charge in [-0.25, -0.2) is 0 Å². The molecule has 0 saturated heterocycles. The summed E-state index contributed by atoms with van der Waals surface area (Å²) in [6.45, 7) is 6.49. The Balaban J connectivity index is 2.74. The van der Waals surface area contributed by atoms with Gasteiger partial charge in [0.05, 0.1) is 0 Å². The lowest BCUT2D eigenvalue weighted by Gasteiger charge is -2.19. The zero-order valence-corrected chi connectivity index (χ0v) is 10.6. The Kier molecular flexibility index (Phi) is 4.97. The van der Waals surface area contributed by atoms with Crippen molar-refractivity contribution in [3.8, 4) is 0 Å². The molecular formula is C13H20ClN. The van der Waals surface area contributed by atoms with E-state index < -0.39 is 0 Å². The van der Waals surface area contributed by atoms with E-state index in [-0.39, 0.29) is 0 Å². The van der Waals surface area contributed by atoms with Gasteiger partial charge in [-0.2, -0.15) is 0 Å². The summed E-state index contributed by atoms with van der Waals surface area (Å²) < 4.78 is 0. The van der Waals surface area contributed by atoms with Gasteiger partial charge >= 0.3 is 0 Å². The molecule has 1 atom stereocenters. The number of hydrogen-bond donors (Lipinski definition) is 1. The zero-order valence-electron chi connectivity index (χ0n) is 9.81. The molecule has 0 aliphatic rings. The number of rotatable bonds is 5. The minimum Gasteiger partial charge on any atom is -0.382 e. The van der Waals surface area contributed by atoms with Crippen LogP contribution in [0.4, 0.5) is 5.69 Å². The summed E-state index contributed by atoms with van der Waals surface area (Å²) in [7, 11) is 0. The van der Waals surface area contributed by atoms with Crippen molar-refractivity contribution in [1.29, 1.82) is 0 Å². The van der Waals surface area contributed by atoms with Crippen molar-refractivity contribution in [3.05, 3.63) is 28.8 Å². The first kappa shape index (κ1) is 12.4. The number of nitrogens with one attached hydrogen (secondary N) is 1. The monoisotopic (exact) mass is 225 g/mol. The standard InChI is InChI=1S/C13H20ClN/c1-4-7-11(5-2)15-13-9-6-8-12(14)10(13)3/h6,8-9,11,15H,4-5,7H2,1-3H3. The van der Waals surface area contributed by atoms with Gasteiger partial charge in [-0.3, -0.25) is 0 Å². The summed E-state index contributed by atoms with van der Waals surface area (Å²) in [5.41, 5.74) is 2.32. The van der Waals surface area contributed by atoms with Crippen LogP contribution in [0, 0.1) is 6.92 Å². The fourth-order valence-corrected chi connectivity index (χ4v) is 1.89. The van der Waals surface area contributed by atoms with E-state index >= 15 is 0 Å². The van der Waals surface area contributed by atoms with Gasteiger partial charge < -0.3 is 5.32 Å². The molecule has 2 heteroatoms. The molecule has 0 fully saturated rings. The summed E-state index contributed by atoms with van der Waals surface area (Å²) in [4.78, 5) is 0. The smallest absolute Gasteiger partial charge is 0.0455 e. The van der Waals surface area contributed by atoms with E-state index in [1.165, 1.54) is 18.5 Å². The van der Waals surface area contributed by atoms with Crippen LogP contribution in [0.1, 0.15) is 38.7 Å². The van der Waals surface area contributed by atoms with Crippen LogP contribution >= 0.6 is 11.6 Å². The van der Waals surface area contributed by atoms with Gasteiger partial charge in [0.1, 0.15) is 0 Å². The molecule has 84 valence electrons. The zero-order chi connectivity index (χ0) is 11.3. The Morgan fingerprint density at radius 3 is 2.67 bits per heavy atom. The molecule has 1 rings (SSSR count). The Labute approximate surface area is 97.8 Å². The van der Waals surface area contributed by atoms with Crippen LogP contribution in [0.2, 0.25) is 5.02 Å². The first-order chi connectivity index (χ1) is 7.19. The largest absolute Gasteiger partial charge is 0.382 e. The van der Waals surface area contributed by atoms with Gasteiger partial charge in [0.15, 0.2) is 0 Å². The third kappa shape index (κ3) is 3.42. The van der Waals surface area contributed by atoms with E-state index in [9.17, 15) is 0 Å². The molecule has 15 heavy (non-hydrogen) atoms. The van der Waals surface area contributed by atoms with Gasteiger partial charge in [-0.1, -0.05) is 37.9 Å². The highest BCUT2D eigenvalue weighted by Crippen LogP contribution is 2.24. The Bertz CT molecular complexity index is 309. The second-order valence-electron chi connectivity index (χ2n) is 3.95. The van der Waals surface area contributed by atoms with Crippen molar-refractivity contribution in [2.75, 3.05) is 5.32 Å². The number of hydrogen-bond acceptors (Lipinski definition) is 1. The minimum absolute atomic E-state index is 0.562. The highest BCUT2D eigenvalue weighted by molar-refractivity contribution is 6.31. The van der Waals surface area contributed by atoms with Crippen LogP contribution in [-0.4, -0.2) is 6.04 Å². The lowest BCUT2D eigenvalue weighted by atomic mass is 10.1. The van der Waals surface area contributed by atoms with E-state index in [1.807, 2.05) is 12.1 Å². The fraction of sp³-hybridized carbons (Fsp3) is 0.538. The van der Waals surface area contributed by atoms with E-state index in [0.29, 0.717) is 6.04 Å². The maximum atomic E-state index is 6.08. The maximum absolute atomic E-state index is 6.08. The van der Waals surface area contributed by atoms with Crippen molar-refractivity contribution in [2.24, 2.45) is 0 Å². The van der Waals surface area contributed by atoms with E-state index in [0.717, 1.165) is 17.0 Å². The maximum Gasteiger partial charge on any atom is 0.0455 e. The van der Waals surface area contributed by atoms with Crippen LogP contribution in [0.3, 0.4) is 0 Å². The molecule has 0 heterocycles. The van der Waals surface area contributed by atoms with Gasteiger partial charge in [0.25, 0.3) is 0 Å². The second-order valence-corrected chi connectivity index (χ2v) is 4.36. The molecule has 0 spiro atoms. The predicted molar refractivity (Wildman–Crippen MR) is 68.8 cm³/mol. The summed E-state index contributed by atoms with van der Waals surface area (Å²) in [5.74, 6) is 0. The molecule has 0 aliphatic carbocycles. The van der Waals surface area contributed by atoms with Gasteiger partial charge in [0.2, 0.25) is 0 Å². The number of benzene rings is 1. The molecule has 0 saturated carbocycles. The molecule has 0 bridgehead atoms. The second kappa shape index (κ2) is 6.02. The van der Waals surface area contributed by atoms with Crippen LogP contribution in [0.15, 0.2) is 18.2 Å². The third-order valence-corrected chi connectivity index (χ3v) is 3.17. The molecule has 1 aromatic carbocycles. The fourth-order valence-electron chi connectivity index (χ4n) is 1.71. The average molecular weight is 226 g/mol. The SMILES string of the molecule is CCCC(CC)Nc1cccc(Cl)c1C. The Hall–Kier alpha value is -0.690. The van der Waals surface area contributed by atoms with E-state index in [2.05, 4.69) is 32.2 Å². The summed E-state index contributed by atoms with van der Waals surface area (Å²) >= 11 is 6.08. The van der Waals surface area contributed by atoms with Crippen LogP contribution in [0.25, 0.3) is 0 Å². The topological polar surface area (TPSA) is 12.0 Å². The van der Waals surface area contributed by atoms with Crippen LogP contribution in [-0.2, 0) is 0 Å². The predicted octanol–water partition coefficient (Wildman–Crippen LogP) is 4.64. The number of anilines is 1. The molecule has 1 nitrogen and oxygen atoms in total. The average Bonchev–Trinajstić information content (AvgIpc) is 2.24. The van der Waals surface area contributed by atoms with Crippen molar-refractivity contribution in [1.82, 2.24) is 0 Å². The highest BCUT2D eigenvalue weighted by Gasteiger charge is 2.07. The molecule has 0 aromatic heterocycles. The minimum atomic E-state index is 0.562. The van der Waals surface area contributed by atoms with Gasteiger partial charge in [-0.05, 0) is 37.5 Å². The molecule has 0 radical (unpaired) electrons. The third-order valence-electron chi connectivity index (χ3n) is 2.76. The molecule has 1 unspecified atom stereocenters. The van der Waals surface area contributed by atoms with Crippen LogP contribution < -0.4 is 5.32 Å². The lowest BCUT2D eigenvalue weighted by Crippen LogP contribution is -2.18. The molecule has 1 N–H and O–H groups in total. The van der Waals surface area contributed by atoms with Crippen LogP contribution in [0.5, 0.6) is 0 Å². The molecular weight excluding hydrogens is 206 g/mol. The quantitative estimate of drug-likeness (QED) is 0.770. The number of halogens is 1. The Morgan fingerprint density at radius 1 is 1.33 bits per heavy atom. The van der Waals surface area contributed by atoms with Crippen molar-refractivity contribution in [3.63, 3.8) is 0 Å². The van der Waals surface area contributed by atoms with Gasteiger partial charge in [0, 0.05) is 16.8 Å². The van der Waals surface area contributed by atoms with E-state index in [1.54, 1.807) is 0 Å². The first-order valence-electron chi connectivity index (χ1n) is 5.70. The Morgan fingerprint density at radius 2 is 2.07 bits per heavy atom. The molecule has 0 amide bonds. The van der Waals surface area contributed by atoms with Crippen molar-refractivity contribution < 1.29 is 0 Å². The highest BCUT2D eigenvalue weighted by atomic mass is 35.5. The molecule has 1 aromatic rings. The lowest BCUT2D eigenvalue weighted by molar-refractivity contribution is 0.622. The summed E-state index contributed by atoms with van der Waals surface area (Å²) in [6, 6.07) is 6.59. The summed E-state index contributed by atoms with van der Waals surface area (Å²) in [6.07, 6.45) is 3.58.